The highest BCUT2D eigenvalue weighted by Gasteiger charge is 2.53. The molecule has 0 N–H and O–H groups in total. The van der Waals surface area contributed by atoms with E-state index in [1.807, 2.05) is 0 Å². The predicted octanol–water partition coefficient (Wildman–Crippen LogP) is 6.89. The molecule has 12 rings (SSSR count). The first-order chi connectivity index (χ1) is 17.7. The summed E-state index contributed by atoms with van der Waals surface area (Å²) in [5.74, 6) is 0.224. The SMILES string of the molecule is CC12c3cc4c(cc3C(c3cc5c(cc31)C1C=CC5O1)c1cc3c(cc12)C1C=CC3O1)C1C=CC4O1. The molecule has 0 saturated carbocycles. The molecule has 36 heavy (non-hydrogen) atoms. The van der Waals surface area contributed by atoms with Gasteiger partial charge in [0.05, 0.1) is 0 Å². The molecule has 3 heteroatoms. The van der Waals surface area contributed by atoms with Gasteiger partial charge in [-0.15, -0.1) is 0 Å². The first-order valence-electron chi connectivity index (χ1n) is 13.2. The van der Waals surface area contributed by atoms with Gasteiger partial charge in [-0.3, -0.25) is 0 Å². The summed E-state index contributed by atoms with van der Waals surface area (Å²) in [7, 11) is 0. The normalized spacial score (nSPS) is 38.4. The van der Waals surface area contributed by atoms with E-state index in [0.29, 0.717) is 0 Å². The molecule has 3 nitrogen and oxygen atoms in total. The monoisotopic (exact) mass is 466 g/mol. The summed E-state index contributed by atoms with van der Waals surface area (Å²) in [5.41, 5.74) is 16.7. The summed E-state index contributed by atoms with van der Waals surface area (Å²) in [6, 6.07) is 14.9. The third-order valence-corrected chi connectivity index (χ3v) is 10.4. The van der Waals surface area contributed by atoms with E-state index in [0.717, 1.165) is 0 Å². The van der Waals surface area contributed by atoms with Crippen molar-refractivity contribution in [3.05, 3.63) is 140 Å². The van der Waals surface area contributed by atoms with Crippen LogP contribution < -0.4 is 0 Å². The van der Waals surface area contributed by atoms with E-state index in [1.165, 1.54) is 66.8 Å². The molecule has 9 aliphatic rings. The molecule has 0 radical (unpaired) electrons. The van der Waals surface area contributed by atoms with Crippen LogP contribution in [0.15, 0.2) is 72.9 Å². The second-order valence-electron chi connectivity index (χ2n) is 11.8. The summed E-state index contributed by atoms with van der Waals surface area (Å²) in [6.07, 6.45) is 14.0. The summed E-state index contributed by atoms with van der Waals surface area (Å²) >= 11 is 0. The Bertz CT molecular complexity index is 1540. The van der Waals surface area contributed by atoms with Crippen molar-refractivity contribution < 1.29 is 14.2 Å². The molecule has 6 aliphatic heterocycles. The number of fused-ring (bicyclic) bond motifs is 15. The minimum Gasteiger partial charge on any atom is -0.357 e. The fraction of sp³-hybridized carbons (Fsp3) is 0.273. The number of hydrogen-bond acceptors (Lipinski definition) is 3. The predicted molar refractivity (Wildman–Crippen MR) is 133 cm³/mol. The van der Waals surface area contributed by atoms with Crippen LogP contribution in [0.3, 0.4) is 0 Å². The molecule has 172 valence electrons. The van der Waals surface area contributed by atoms with Crippen LogP contribution in [-0.4, -0.2) is 0 Å². The third kappa shape index (κ3) is 1.72. The van der Waals surface area contributed by atoms with Crippen molar-refractivity contribution in [3.8, 4) is 0 Å². The van der Waals surface area contributed by atoms with E-state index in [-0.39, 0.29) is 48.0 Å². The topological polar surface area (TPSA) is 27.7 Å². The molecule has 0 fully saturated rings. The van der Waals surface area contributed by atoms with E-state index < -0.39 is 0 Å². The van der Waals surface area contributed by atoms with Gasteiger partial charge in [0.2, 0.25) is 0 Å². The lowest BCUT2D eigenvalue weighted by Gasteiger charge is -2.50. The lowest BCUT2D eigenvalue weighted by atomic mass is 9.52. The van der Waals surface area contributed by atoms with E-state index in [1.54, 1.807) is 0 Å². The smallest absolute Gasteiger partial charge is 0.102 e. The number of benzene rings is 3. The zero-order valence-corrected chi connectivity index (χ0v) is 19.7. The van der Waals surface area contributed by atoms with Crippen LogP contribution in [0.4, 0.5) is 0 Å². The van der Waals surface area contributed by atoms with Gasteiger partial charge in [0, 0.05) is 11.3 Å². The van der Waals surface area contributed by atoms with Crippen LogP contribution in [0.2, 0.25) is 0 Å². The van der Waals surface area contributed by atoms with Gasteiger partial charge in [-0.25, -0.2) is 0 Å². The van der Waals surface area contributed by atoms with Gasteiger partial charge in [-0.2, -0.15) is 0 Å². The lowest BCUT2D eigenvalue weighted by Crippen LogP contribution is -2.41. The Labute approximate surface area is 208 Å². The molecular weight excluding hydrogens is 444 g/mol. The van der Waals surface area contributed by atoms with E-state index >= 15 is 0 Å². The molecule has 8 bridgehead atoms. The van der Waals surface area contributed by atoms with Crippen LogP contribution in [0, 0.1) is 0 Å². The maximum Gasteiger partial charge on any atom is 0.102 e. The fourth-order valence-electron chi connectivity index (χ4n) is 8.80. The van der Waals surface area contributed by atoms with Gasteiger partial charge in [0.1, 0.15) is 36.6 Å². The Morgan fingerprint density at radius 2 is 0.694 bits per heavy atom. The van der Waals surface area contributed by atoms with Gasteiger partial charge < -0.3 is 14.2 Å². The van der Waals surface area contributed by atoms with Crippen LogP contribution in [0.1, 0.15) is 116 Å². The van der Waals surface area contributed by atoms with Gasteiger partial charge in [0.25, 0.3) is 0 Å². The number of rotatable bonds is 0. The summed E-state index contributed by atoms with van der Waals surface area (Å²) in [6.45, 7) is 2.46. The standard InChI is InChI=1S/C33H22O3/c1-33-23-11-17-14(26-2-5-29(17)34-26)8-20(23)32(21-9-15-18(12-24(21)33)30-6-3-27(15)35-30)22-10-16-19(13-25(22)33)31-7-4-28(16)36-31/h2-13,26-32H,1H3. The Kier molecular flexibility index (Phi) is 2.70. The van der Waals surface area contributed by atoms with Crippen LogP contribution in [-0.2, 0) is 19.6 Å². The zero-order valence-electron chi connectivity index (χ0n) is 19.7. The van der Waals surface area contributed by atoms with Crippen molar-refractivity contribution in [3.63, 3.8) is 0 Å². The third-order valence-electron chi connectivity index (χ3n) is 10.4. The highest BCUT2D eigenvalue weighted by Crippen LogP contribution is 2.64. The number of hydrogen-bond donors (Lipinski definition) is 0. The molecule has 0 spiro atoms. The second-order valence-corrected chi connectivity index (χ2v) is 11.8. The summed E-state index contributed by atoms with van der Waals surface area (Å²) < 4.78 is 18.8. The van der Waals surface area contributed by atoms with Crippen LogP contribution in [0.5, 0.6) is 0 Å². The van der Waals surface area contributed by atoms with Crippen molar-refractivity contribution in [2.24, 2.45) is 0 Å². The minimum atomic E-state index is -0.226. The highest BCUT2D eigenvalue weighted by atomic mass is 16.5. The van der Waals surface area contributed by atoms with Gasteiger partial charge in [-0.05, 0) is 73.7 Å². The Morgan fingerprint density at radius 1 is 0.417 bits per heavy atom. The maximum atomic E-state index is 6.28. The molecule has 3 aromatic rings. The molecule has 0 saturated heterocycles. The maximum absolute atomic E-state index is 6.28. The minimum absolute atomic E-state index is 0.0990. The summed E-state index contributed by atoms with van der Waals surface area (Å²) in [5, 5.41) is 0. The van der Waals surface area contributed by atoms with Crippen molar-refractivity contribution in [1.29, 1.82) is 0 Å². The Balaban J connectivity index is 1.25. The highest BCUT2D eigenvalue weighted by molar-refractivity contribution is 5.75. The average Bonchev–Trinajstić information content (AvgIpc) is 3.75. The molecule has 6 heterocycles. The van der Waals surface area contributed by atoms with E-state index in [2.05, 4.69) is 79.8 Å². The van der Waals surface area contributed by atoms with Gasteiger partial charge >= 0.3 is 0 Å². The lowest BCUT2D eigenvalue weighted by molar-refractivity contribution is 0.0877. The van der Waals surface area contributed by atoms with Crippen molar-refractivity contribution in [2.75, 3.05) is 0 Å². The van der Waals surface area contributed by atoms with Crippen LogP contribution in [0.25, 0.3) is 0 Å². The molecule has 6 atom stereocenters. The van der Waals surface area contributed by atoms with Crippen molar-refractivity contribution >= 4 is 0 Å². The Morgan fingerprint density at radius 3 is 1.00 bits per heavy atom. The van der Waals surface area contributed by atoms with Gasteiger partial charge in [-0.1, -0.05) is 72.9 Å². The second kappa shape index (κ2) is 5.38. The largest absolute Gasteiger partial charge is 0.357 e. The van der Waals surface area contributed by atoms with Crippen LogP contribution >= 0.6 is 0 Å². The molecule has 6 unspecified atom stereocenters. The number of ether oxygens (including phenoxy) is 3. The fourth-order valence-corrected chi connectivity index (χ4v) is 8.80. The molecule has 3 aromatic carbocycles. The van der Waals surface area contributed by atoms with E-state index in [9.17, 15) is 0 Å². The molecule has 0 aromatic heterocycles. The molecule has 0 amide bonds. The van der Waals surface area contributed by atoms with Gasteiger partial charge in [0.15, 0.2) is 0 Å². The molecule has 3 aliphatic carbocycles. The summed E-state index contributed by atoms with van der Waals surface area (Å²) in [4.78, 5) is 0. The van der Waals surface area contributed by atoms with Crippen molar-refractivity contribution in [2.45, 2.75) is 54.9 Å². The van der Waals surface area contributed by atoms with Crippen molar-refractivity contribution in [1.82, 2.24) is 0 Å². The van der Waals surface area contributed by atoms with E-state index in [4.69, 9.17) is 14.2 Å². The quantitative estimate of drug-likeness (QED) is 0.338. The average molecular weight is 467 g/mol. The first-order valence-corrected chi connectivity index (χ1v) is 13.2. The zero-order chi connectivity index (χ0) is 23.1. The Hall–Kier alpha value is -3.24. The first kappa shape index (κ1) is 18.1. The molecular formula is C33H22O3.